The van der Waals surface area contributed by atoms with Gasteiger partial charge in [0.2, 0.25) is 0 Å². The van der Waals surface area contributed by atoms with Gasteiger partial charge in [-0.2, -0.15) is 0 Å². The second kappa shape index (κ2) is 2.96. The summed E-state index contributed by atoms with van der Waals surface area (Å²) in [7, 11) is 0. The Balaban J connectivity index is 2.59. The Kier molecular flexibility index (Phi) is 2.52. The quantitative estimate of drug-likeness (QED) is 0.623. The average molecular weight is 176 g/mol. The van der Waals surface area contributed by atoms with E-state index in [0.29, 0.717) is 0 Å². The minimum absolute atomic E-state index is 0.00174. The fourth-order valence-electron chi connectivity index (χ4n) is 1.66. The van der Waals surface area contributed by atoms with Gasteiger partial charge in [0.15, 0.2) is 0 Å². The van der Waals surface area contributed by atoms with Crippen molar-refractivity contribution in [1.29, 1.82) is 0 Å². The predicted octanol–water partition coefficient (Wildman–Crippen LogP) is 2.54. The zero-order valence-corrected chi connectivity index (χ0v) is 8.20. The fourth-order valence-corrected chi connectivity index (χ4v) is 2.25. The lowest BCUT2D eigenvalue weighted by atomic mass is 9.89. The molecule has 0 bridgehead atoms. The molecule has 0 amide bonds. The van der Waals surface area contributed by atoms with Crippen LogP contribution in [0.15, 0.2) is 0 Å². The Bertz CT molecular complexity index is 147. The first-order valence-corrected chi connectivity index (χ1v) is 4.71. The maximum absolute atomic E-state index is 9.04. The van der Waals surface area contributed by atoms with Crippen LogP contribution < -0.4 is 0 Å². The van der Waals surface area contributed by atoms with Gasteiger partial charge in [-0.15, -0.1) is 0 Å². The van der Waals surface area contributed by atoms with Crippen molar-refractivity contribution >= 4 is 12.0 Å². The van der Waals surface area contributed by atoms with Crippen LogP contribution in [0, 0.1) is 0 Å². The van der Waals surface area contributed by atoms with Crippen LogP contribution in [0.2, 0.25) is 0 Å². The molecule has 0 aromatic rings. The molecule has 1 unspecified atom stereocenters. The Morgan fingerprint density at radius 2 is 2.00 bits per heavy atom. The maximum Gasteiger partial charge on any atom is 0.0640 e. The molecule has 0 aromatic heterocycles. The summed E-state index contributed by atoms with van der Waals surface area (Å²) in [5, 5.41) is 0. The molecule has 1 saturated heterocycles. The van der Waals surface area contributed by atoms with Crippen molar-refractivity contribution < 1.29 is 9.29 Å². The summed E-state index contributed by atoms with van der Waals surface area (Å²) < 4.78 is 14.6. The summed E-state index contributed by atoms with van der Waals surface area (Å²) in [4.78, 5) is 0. The summed E-state index contributed by atoms with van der Waals surface area (Å²) in [5.74, 6) is 0. The van der Waals surface area contributed by atoms with E-state index >= 15 is 0 Å². The number of ether oxygens (including phenoxy) is 1. The minimum Gasteiger partial charge on any atom is -0.375 e. The Labute approximate surface area is 72.5 Å². The van der Waals surface area contributed by atoms with E-state index in [4.69, 9.17) is 9.29 Å². The zero-order chi connectivity index (χ0) is 8.54. The highest BCUT2D eigenvalue weighted by Crippen LogP contribution is 2.39. The van der Waals surface area contributed by atoms with Crippen molar-refractivity contribution in [3.8, 4) is 0 Å². The zero-order valence-electron chi connectivity index (χ0n) is 7.39. The summed E-state index contributed by atoms with van der Waals surface area (Å²) in [5.41, 5.74) is -0.0667. The van der Waals surface area contributed by atoms with Gasteiger partial charge in [-0.3, -0.25) is 0 Å². The van der Waals surface area contributed by atoms with Crippen LogP contribution in [0.4, 0.5) is 0 Å². The van der Waals surface area contributed by atoms with Crippen LogP contribution in [0.1, 0.15) is 33.6 Å². The first kappa shape index (κ1) is 9.36. The van der Waals surface area contributed by atoms with Crippen molar-refractivity contribution in [3.05, 3.63) is 0 Å². The average Bonchev–Trinajstić information content (AvgIpc) is 1.85. The van der Waals surface area contributed by atoms with Crippen molar-refractivity contribution in [1.82, 2.24) is 0 Å². The highest BCUT2D eigenvalue weighted by atomic mass is 32.2. The first-order valence-electron chi connectivity index (χ1n) is 3.94. The molecule has 1 heterocycles. The topological polar surface area (TPSA) is 29.5 Å². The Morgan fingerprint density at radius 3 is 2.36 bits per heavy atom. The maximum atomic E-state index is 9.04. The van der Waals surface area contributed by atoms with Crippen molar-refractivity contribution in [2.45, 2.75) is 44.0 Å². The largest absolute Gasteiger partial charge is 0.375 e. The smallest absolute Gasteiger partial charge is 0.0640 e. The van der Waals surface area contributed by atoms with Gasteiger partial charge in [0, 0.05) is 11.4 Å². The van der Waals surface area contributed by atoms with Gasteiger partial charge in [-0.1, -0.05) is 0 Å². The molecule has 0 aromatic carbocycles. The third-order valence-electron chi connectivity index (χ3n) is 2.14. The van der Waals surface area contributed by atoms with Gasteiger partial charge in [0.1, 0.15) is 0 Å². The van der Waals surface area contributed by atoms with Crippen molar-refractivity contribution in [2.24, 2.45) is 0 Å². The molecule has 0 aliphatic carbocycles. The molecule has 3 heteroatoms. The molecule has 1 atom stereocenters. The van der Waals surface area contributed by atoms with Crippen LogP contribution in [-0.2, 0) is 4.74 Å². The standard InChI is InChI=1S/C8H16O2S/c1-7(2)6-8(3,11-9)4-5-10-7/h9H,4-6H2,1-3H3. The molecule has 0 spiro atoms. The number of hydrogen-bond donors (Lipinski definition) is 1. The summed E-state index contributed by atoms with van der Waals surface area (Å²) in [6, 6.07) is 0. The van der Waals surface area contributed by atoms with E-state index in [9.17, 15) is 0 Å². The minimum atomic E-state index is -0.0667. The molecule has 0 radical (unpaired) electrons. The molecule has 1 rings (SSSR count). The summed E-state index contributed by atoms with van der Waals surface area (Å²) in [6.07, 6.45) is 1.86. The van der Waals surface area contributed by atoms with Crippen LogP contribution in [-0.4, -0.2) is 21.5 Å². The molecule has 1 N–H and O–H groups in total. The van der Waals surface area contributed by atoms with Crippen LogP contribution in [0.3, 0.4) is 0 Å². The molecule has 11 heavy (non-hydrogen) atoms. The lowest BCUT2D eigenvalue weighted by molar-refractivity contribution is -0.0623. The van der Waals surface area contributed by atoms with Gasteiger partial charge in [0.05, 0.1) is 5.60 Å². The Morgan fingerprint density at radius 1 is 1.36 bits per heavy atom. The molecular weight excluding hydrogens is 160 g/mol. The SMILES string of the molecule is CC1(C)CC(C)(SO)CCO1. The second-order valence-corrected chi connectivity index (χ2v) is 5.24. The van der Waals surface area contributed by atoms with E-state index in [1.54, 1.807) is 0 Å². The molecule has 1 fully saturated rings. The molecule has 1 aliphatic heterocycles. The van der Waals surface area contributed by atoms with Gasteiger partial charge in [-0.25, -0.2) is 0 Å². The molecule has 2 nitrogen and oxygen atoms in total. The molecule has 66 valence electrons. The number of hydrogen-bond acceptors (Lipinski definition) is 3. The van der Waals surface area contributed by atoms with E-state index in [0.717, 1.165) is 31.5 Å². The third-order valence-corrected chi connectivity index (χ3v) is 2.93. The number of rotatable bonds is 1. The van der Waals surface area contributed by atoms with Gasteiger partial charge < -0.3 is 9.29 Å². The lowest BCUT2D eigenvalue weighted by Gasteiger charge is -2.40. The third kappa shape index (κ3) is 2.36. The lowest BCUT2D eigenvalue weighted by Crippen LogP contribution is -2.41. The van der Waals surface area contributed by atoms with E-state index in [1.807, 2.05) is 0 Å². The predicted molar refractivity (Wildman–Crippen MR) is 47.9 cm³/mol. The van der Waals surface area contributed by atoms with Crippen molar-refractivity contribution in [3.63, 3.8) is 0 Å². The fraction of sp³-hybridized carbons (Fsp3) is 1.00. The summed E-state index contributed by atoms with van der Waals surface area (Å²) in [6.45, 7) is 6.99. The van der Waals surface area contributed by atoms with Gasteiger partial charge in [-0.05, 0) is 45.7 Å². The van der Waals surface area contributed by atoms with Gasteiger partial charge in [0.25, 0.3) is 0 Å². The highest BCUT2D eigenvalue weighted by Gasteiger charge is 2.37. The van der Waals surface area contributed by atoms with E-state index in [2.05, 4.69) is 20.8 Å². The van der Waals surface area contributed by atoms with Crippen LogP contribution in [0.5, 0.6) is 0 Å². The van der Waals surface area contributed by atoms with Crippen LogP contribution >= 0.6 is 12.0 Å². The van der Waals surface area contributed by atoms with Crippen LogP contribution in [0.25, 0.3) is 0 Å². The van der Waals surface area contributed by atoms with E-state index < -0.39 is 0 Å². The van der Waals surface area contributed by atoms with E-state index in [1.165, 1.54) is 0 Å². The van der Waals surface area contributed by atoms with Crippen molar-refractivity contribution in [2.75, 3.05) is 6.61 Å². The molecule has 1 aliphatic rings. The van der Waals surface area contributed by atoms with E-state index in [-0.39, 0.29) is 10.3 Å². The molecular formula is C8H16O2S. The normalized spacial score (nSPS) is 37.1. The second-order valence-electron chi connectivity index (χ2n) is 4.08. The Hall–Kier alpha value is 0.270. The first-order chi connectivity index (χ1) is 4.97. The monoisotopic (exact) mass is 176 g/mol. The molecule has 0 saturated carbocycles. The van der Waals surface area contributed by atoms with Gasteiger partial charge >= 0.3 is 0 Å². The highest BCUT2D eigenvalue weighted by molar-refractivity contribution is 7.95. The summed E-state index contributed by atoms with van der Waals surface area (Å²) >= 11 is 0.970.